The highest BCUT2D eigenvalue weighted by Gasteiger charge is 2.20. The Kier molecular flexibility index (Phi) is 8.94. The van der Waals surface area contributed by atoms with Crippen LogP contribution in [0.1, 0.15) is 38.5 Å². The van der Waals surface area contributed by atoms with Gasteiger partial charge in [-0.1, -0.05) is 25.0 Å². The molecule has 0 amide bonds. The molecule has 2 aromatic carbocycles. The van der Waals surface area contributed by atoms with Crippen LogP contribution < -0.4 is 14.9 Å². The molecule has 2 aliphatic heterocycles. The number of aliphatic hydroxyl groups excluding tert-OH is 2. The predicted molar refractivity (Wildman–Crippen MR) is 149 cm³/mol. The first kappa shape index (κ1) is 26.4. The van der Waals surface area contributed by atoms with Crippen LogP contribution in [0.5, 0.6) is 11.5 Å². The maximum atomic E-state index is 13.6. The Morgan fingerprint density at radius 1 is 0.757 bits per heavy atom. The first-order chi connectivity index (χ1) is 18.1. The molecule has 5 rings (SSSR count). The molecule has 0 spiro atoms. The fourth-order valence-electron chi connectivity index (χ4n) is 5.44. The monoisotopic (exact) mass is 526 g/mol. The molecule has 37 heavy (non-hydrogen) atoms. The molecule has 2 saturated heterocycles. The molecule has 1 aromatic heterocycles. The van der Waals surface area contributed by atoms with Crippen LogP contribution in [0.25, 0.3) is 20.2 Å². The molecule has 2 aliphatic rings. The number of fused-ring (bicyclic) bond motifs is 2. The van der Waals surface area contributed by atoms with Gasteiger partial charge in [-0.05, 0) is 76.1 Å². The summed E-state index contributed by atoms with van der Waals surface area (Å²) in [5.41, 5.74) is -0.107. The average molecular weight is 527 g/mol. The highest BCUT2D eigenvalue weighted by molar-refractivity contribution is 7.25. The van der Waals surface area contributed by atoms with Crippen LogP contribution in [0.3, 0.4) is 0 Å². The molecule has 8 heteroatoms. The minimum atomic E-state index is -0.631. The molecule has 2 atom stereocenters. The van der Waals surface area contributed by atoms with Gasteiger partial charge in [0.1, 0.15) is 36.9 Å². The first-order valence-electron chi connectivity index (χ1n) is 13.6. The lowest BCUT2D eigenvalue weighted by Crippen LogP contribution is -2.38. The van der Waals surface area contributed by atoms with Crippen molar-refractivity contribution in [3.05, 3.63) is 46.6 Å². The quantitative estimate of drug-likeness (QED) is 0.388. The number of hydrogen-bond acceptors (Lipinski definition) is 8. The molecule has 3 aromatic rings. The Morgan fingerprint density at radius 3 is 1.92 bits per heavy atom. The van der Waals surface area contributed by atoms with E-state index in [1.807, 2.05) is 30.3 Å². The van der Waals surface area contributed by atoms with Gasteiger partial charge >= 0.3 is 0 Å². The molecule has 3 heterocycles. The second-order valence-corrected chi connectivity index (χ2v) is 11.4. The van der Waals surface area contributed by atoms with E-state index < -0.39 is 12.2 Å². The van der Waals surface area contributed by atoms with Gasteiger partial charge in [-0.15, -0.1) is 11.3 Å². The van der Waals surface area contributed by atoms with E-state index in [1.165, 1.54) is 49.9 Å². The number of piperidine rings is 2. The number of hydrogen-bond donors (Lipinski definition) is 2. The molecule has 2 N–H and O–H groups in total. The summed E-state index contributed by atoms with van der Waals surface area (Å²) in [6.45, 7) is 5.50. The number of aliphatic hydroxyl groups is 2. The summed E-state index contributed by atoms with van der Waals surface area (Å²) in [6, 6.07) is 11.1. The number of nitrogens with zero attached hydrogens (tertiary/aromatic N) is 2. The van der Waals surface area contributed by atoms with Gasteiger partial charge in [0.05, 0.1) is 10.1 Å². The van der Waals surface area contributed by atoms with Gasteiger partial charge in [-0.2, -0.15) is 0 Å². The highest BCUT2D eigenvalue weighted by atomic mass is 32.1. The Labute approximate surface area is 222 Å². The average Bonchev–Trinajstić information content (AvgIpc) is 2.92. The second-order valence-electron chi connectivity index (χ2n) is 10.3. The number of β-amino-alcohol motifs (C(OH)–C–C–N with tert-alkyl or cyclic N) is 2. The lowest BCUT2D eigenvalue weighted by molar-refractivity contribution is 0.0612. The summed E-state index contributed by atoms with van der Waals surface area (Å²) in [5, 5.41) is 22.3. The van der Waals surface area contributed by atoms with E-state index in [1.54, 1.807) is 6.07 Å². The molecule has 7 nitrogen and oxygen atoms in total. The van der Waals surface area contributed by atoms with Gasteiger partial charge < -0.3 is 29.5 Å². The number of rotatable bonds is 10. The van der Waals surface area contributed by atoms with Gasteiger partial charge in [-0.3, -0.25) is 4.79 Å². The van der Waals surface area contributed by atoms with Gasteiger partial charge in [-0.25, -0.2) is 0 Å². The molecule has 200 valence electrons. The fourth-order valence-corrected chi connectivity index (χ4v) is 6.60. The summed E-state index contributed by atoms with van der Waals surface area (Å²) in [4.78, 5) is 18.1. The zero-order valence-electron chi connectivity index (χ0n) is 21.4. The topological polar surface area (TPSA) is 82.5 Å². The van der Waals surface area contributed by atoms with Gasteiger partial charge in [0, 0.05) is 23.2 Å². The second kappa shape index (κ2) is 12.5. The van der Waals surface area contributed by atoms with Gasteiger partial charge in [0.25, 0.3) is 0 Å². The van der Waals surface area contributed by atoms with Crippen LogP contribution in [0.2, 0.25) is 0 Å². The van der Waals surface area contributed by atoms with E-state index in [0.29, 0.717) is 40.1 Å². The van der Waals surface area contributed by atoms with Crippen molar-refractivity contribution in [2.75, 3.05) is 52.5 Å². The van der Waals surface area contributed by atoms with Crippen molar-refractivity contribution >= 4 is 31.5 Å². The number of benzene rings is 2. The van der Waals surface area contributed by atoms with E-state index in [0.717, 1.165) is 30.9 Å². The maximum Gasteiger partial charge on any atom is 0.199 e. The molecule has 0 saturated carbocycles. The van der Waals surface area contributed by atoms with Crippen molar-refractivity contribution < 1.29 is 19.7 Å². The summed E-state index contributed by atoms with van der Waals surface area (Å²) in [5.74, 6) is 1.03. The van der Waals surface area contributed by atoms with E-state index in [-0.39, 0.29) is 18.6 Å². The summed E-state index contributed by atoms with van der Waals surface area (Å²) < 4.78 is 13.7. The largest absolute Gasteiger partial charge is 0.490 e. The molecule has 2 unspecified atom stereocenters. The lowest BCUT2D eigenvalue weighted by Gasteiger charge is -2.28. The third-order valence-electron chi connectivity index (χ3n) is 7.35. The minimum Gasteiger partial charge on any atom is -0.490 e. The van der Waals surface area contributed by atoms with Crippen molar-refractivity contribution in [2.24, 2.45) is 0 Å². The smallest absolute Gasteiger partial charge is 0.199 e. The SMILES string of the molecule is O=c1c2ccccc2sc2c(OCC(O)CN3CCCCC3)ccc(OCC(O)CN3CCCCC3)c12. The maximum absolute atomic E-state index is 13.6. The minimum absolute atomic E-state index is 0.107. The van der Waals surface area contributed by atoms with Crippen molar-refractivity contribution in [2.45, 2.75) is 50.7 Å². The van der Waals surface area contributed by atoms with E-state index >= 15 is 0 Å². The van der Waals surface area contributed by atoms with Crippen LogP contribution in [-0.4, -0.2) is 84.7 Å². The molecule has 0 bridgehead atoms. The van der Waals surface area contributed by atoms with Crippen molar-refractivity contribution in [1.82, 2.24) is 9.80 Å². The Balaban J connectivity index is 1.35. The summed E-state index contributed by atoms with van der Waals surface area (Å²) in [6.07, 6.45) is 5.95. The number of likely N-dealkylation sites (tertiary alicyclic amines) is 2. The van der Waals surface area contributed by atoms with Crippen molar-refractivity contribution in [1.29, 1.82) is 0 Å². The number of ether oxygens (including phenoxy) is 2. The highest BCUT2D eigenvalue weighted by Crippen LogP contribution is 2.37. The predicted octanol–water partition coefficient (Wildman–Crippen LogP) is 3.87. The normalized spacial score (nSPS) is 19.2. The molecule has 0 radical (unpaired) electrons. The summed E-state index contributed by atoms with van der Waals surface area (Å²) >= 11 is 1.49. The van der Waals surface area contributed by atoms with Crippen LogP contribution in [-0.2, 0) is 0 Å². The van der Waals surface area contributed by atoms with Crippen molar-refractivity contribution in [3.63, 3.8) is 0 Å². The van der Waals surface area contributed by atoms with Crippen LogP contribution in [0.4, 0.5) is 0 Å². The summed E-state index contributed by atoms with van der Waals surface area (Å²) in [7, 11) is 0. The molecular weight excluding hydrogens is 488 g/mol. The fraction of sp³-hybridized carbons (Fsp3) is 0.552. The standard InChI is InChI=1S/C29H38N2O5S/c32-21(17-30-13-5-1-6-14-30)19-35-24-11-12-25(36-20-22(33)18-31-15-7-2-8-16-31)29-27(24)28(34)23-9-3-4-10-26(23)37-29/h3-4,9-12,21-22,32-33H,1-2,5-8,13-20H2. The van der Waals surface area contributed by atoms with Gasteiger partial charge in [0.15, 0.2) is 5.43 Å². The third-order valence-corrected chi connectivity index (χ3v) is 8.54. The van der Waals surface area contributed by atoms with Gasteiger partial charge in [0.2, 0.25) is 0 Å². The first-order valence-corrected chi connectivity index (χ1v) is 14.4. The lowest BCUT2D eigenvalue weighted by atomic mass is 10.1. The molecule has 2 fully saturated rings. The van der Waals surface area contributed by atoms with E-state index in [9.17, 15) is 15.0 Å². The Bertz CT molecular complexity index is 1240. The zero-order chi connectivity index (χ0) is 25.6. The molecular formula is C29H38N2O5S. The Hall–Kier alpha value is -2.23. The van der Waals surface area contributed by atoms with Crippen LogP contribution >= 0.6 is 11.3 Å². The van der Waals surface area contributed by atoms with Crippen molar-refractivity contribution in [3.8, 4) is 11.5 Å². The zero-order valence-corrected chi connectivity index (χ0v) is 22.3. The van der Waals surface area contributed by atoms with Crippen LogP contribution in [0, 0.1) is 0 Å². The third kappa shape index (κ3) is 6.62. The van der Waals surface area contributed by atoms with E-state index in [2.05, 4.69) is 9.80 Å². The Morgan fingerprint density at radius 2 is 1.30 bits per heavy atom. The van der Waals surface area contributed by atoms with E-state index in [4.69, 9.17) is 9.47 Å². The molecule has 0 aliphatic carbocycles. The van der Waals surface area contributed by atoms with Crippen LogP contribution in [0.15, 0.2) is 41.2 Å².